The normalized spacial score (nSPS) is 10.2. The first kappa shape index (κ1) is 17.4. The largest absolute Gasteiger partial charge is 0.493 e. The summed E-state index contributed by atoms with van der Waals surface area (Å²) in [5, 5.41) is 14.0. The molecule has 0 unspecified atom stereocenters. The van der Waals surface area contributed by atoms with E-state index in [0.717, 1.165) is 17.0 Å². The van der Waals surface area contributed by atoms with Gasteiger partial charge in [0.2, 0.25) is 5.91 Å². The molecule has 1 amide bonds. The first-order valence-corrected chi connectivity index (χ1v) is 8.35. The summed E-state index contributed by atoms with van der Waals surface area (Å²) in [6.45, 7) is 2.32. The number of nitrogens with one attached hydrogen (secondary N) is 2. The molecule has 3 rings (SSSR count). The third-order valence-electron chi connectivity index (χ3n) is 3.68. The van der Waals surface area contributed by atoms with Gasteiger partial charge in [0.25, 0.3) is 0 Å². The molecule has 0 spiro atoms. The van der Waals surface area contributed by atoms with Crippen molar-refractivity contribution in [2.24, 2.45) is 0 Å². The first-order valence-electron chi connectivity index (χ1n) is 8.35. The molecule has 3 aromatic rings. The molecule has 0 saturated carbocycles. The lowest BCUT2D eigenvalue weighted by Crippen LogP contribution is -2.16. The molecular weight excluding hydrogens is 328 g/mol. The van der Waals surface area contributed by atoms with E-state index in [2.05, 4.69) is 20.8 Å². The van der Waals surface area contributed by atoms with Gasteiger partial charge in [-0.3, -0.25) is 4.79 Å². The van der Waals surface area contributed by atoms with Gasteiger partial charge < -0.3 is 15.4 Å². The van der Waals surface area contributed by atoms with Crippen LogP contribution in [0.15, 0.2) is 66.7 Å². The zero-order valence-electron chi connectivity index (χ0n) is 14.5. The van der Waals surface area contributed by atoms with Gasteiger partial charge in [0.05, 0.1) is 13.0 Å². The molecule has 0 atom stereocenters. The highest BCUT2D eigenvalue weighted by molar-refractivity contribution is 5.89. The molecule has 1 aromatic heterocycles. The standard InChI is InChI=1S/C20H20N4O2/c1-15-7-5-6-10-17(15)21-18-11-12-19(24-23-18)22-20(25)13-14-26-16-8-3-2-4-9-16/h2-12H,13-14H2,1H3,(H,21,23)(H,22,24,25). The topological polar surface area (TPSA) is 76.1 Å². The number of aromatic nitrogens is 2. The maximum Gasteiger partial charge on any atom is 0.229 e. The Morgan fingerprint density at radius 2 is 1.62 bits per heavy atom. The average Bonchev–Trinajstić information content (AvgIpc) is 2.66. The van der Waals surface area contributed by atoms with E-state index in [1.165, 1.54) is 0 Å². The predicted molar refractivity (Wildman–Crippen MR) is 102 cm³/mol. The third kappa shape index (κ3) is 5.04. The number of nitrogens with zero attached hydrogens (tertiary/aromatic N) is 2. The number of carbonyl (C=O) groups is 1. The van der Waals surface area contributed by atoms with Gasteiger partial charge in [0.15, 0.2) is 11.6 Å². The van der Waals surface area contributed by atoms with Gasteiger partial charge in [-0.15, -0.1) is 10.2 Å². The van der Waals surface area contributed by atoms with Crippen LogP contribution in [0.4, 0.5) is 17.3 Å². The Labute approximate surface area is 152 Å². The minimum atomic E-state index is -0.171. The van der Waals surface area contributed by atoms with E-state index in [9.17, 15) is 4.79 Å². The third-order valence-corrected chi connectivity index (χ3v) is 3.68. The molecule has 0 saturated heterocycles. The van der Waals surface area contributed by atoms with E-state index >= 15 is 0 Å². The van der Waals surface area contributed by atoms with Crippen LogP contribution in [0.3, 0.4) is 0 Å². The maximum absolute atomic E-state index is 11.9. The maximum atomic E-state index is 11.9. The van der Waals surface area contributed by atoms with Crippen LogP contribution >= 0.6 is 0 Å². The minimum Gasteiger partial charge on any atom is -0.493 e. The zero-order valence-corrected chi connectivity index (χ0v) is 14.5. The number of para-hydroxylation sites is 2. The minimum absolute atomic E-state index is 0.171. The Morgan fingerprint density at radius 1 is 0.923 bits per heavy atom. The van der Waals surface area contributed by atoms with Crippen LogP contribution in [0, 0.1) is 6.92 Å². The van der Waals surface area contributed by atoms with Gasteiger partial charge >= 0.3 is 0 Å². The highest BCUT2D eigenvalue weighted by atomic mass is 16.5. The monoisotopic (exact) mass is 348 g/mol. The fourth-order valence-corrected chi connectivity index (χ4v) is 2.30. The molecule has 0 aliphatic rings. The Bertz CT molecular complexity index is 851. The molecule has 6 nitrogen and oxygen atoms in total. The number of benzene rings is 2. The Balaban J connectivity index is 1.47. The van der Waals surface area contributed by atoms with Gasteiger partial charge in [0, 0.05) is 5.69 Å². The lowest BCUT2D eigenvalue weighted by atomic mass is 10.2. The summed E-state index contributed by atoms with van der Waals surface area (Å²) < 4.78 is 5.50. The lowest BCUT2D eigenvalue weighted by Gasteiger charge is -2.09. The van der Waals surface area contributed by atoms with E-state index < -0.39 is 0 Å². The number of aryl methyl sites for hydroxylation is 1. The molecule has 6 heteroatoms. The van der Waals surface area contributed by atoms with Crippen molar-refractivity contribution in [3.63, 3.8) is 0 Å². The van der Waals surface area contributed by atoms with Crippen molar-refractivity contribution in [3.8, 4) is 5.75 Å². The summed E-state index contributed by atoms with van der Waals surface area (Å²) in [5.74, 6) is 1.59. The van der Waals surface area contributed by atoms with Crippen LogP contribution in [-0.2, 0) is 4.79 Å². The SMILES string of the molecule is Cc1ccccc1Nc1ccc(NC(=O)CCOc2ccccc2)nn1. The molecular formula is C20H20N4O2. The second-order valence-corrected chi connectivity index (χ2v) is 5.70. The number of carbonyl (C=O) groups excluding carboxylic acids is 1. The predicted octanol–water partition coefficient (Wildman–Crippen LogP) is 3.94. The van der Waals surface area contributed by atoms with Crippen molar-refractivity contribution in [2.45, 2.75) is 13.3 Å². The van der Waals surface area contributed by atoms with Crippen molar-refractivity contribution in [1.29, 1.82) is 0 Å². The second-order valence-electron chi connectivity index (χ2n) is 5.70. The highest BCUT2D eigenvalue weighted by Crippen LogP contribution is 2.18. The van der Waals surface area contributed by atoms with Crippen molar-refractivity contribution >= 4 is 23.2 Å². The average molecular weight is 348 g/mol. The van der Waals surface area contributed by atoms with Crippen LogP contribution in [0.2, 0.25) is 0 Å². The number of rotatable bonds is 7. The molecule has 0 bridgehead atoms. The van der Waals surface area contributed by atoms with Crippen molar-refractivity contribution in [2.75, 3.05) is 17.2 Å². The quantitative estimate of drug-likeness (QED) is 0.676. The number of anilines is 3. The van der Waals surface area contributed by atoms with Crippen molar-refractivity contribution in [1.82, 2.24) is 10.2 Å². The van der Waals surface area contributed by atoms with Gasteiger partial charge in [-0.05, 0) is 42.8 Å². The van der Waals surface area contributed by atoms with Crippen LogP contribution < -0.4 is 15.4 Å². The Morgan fingerprint density at radius 3 is 2.35 bits per heavy atom. The van der Waals surface area contributed by atoms with Crippen molar-refractivity contribution < 1.29 is 9.53 Å². The van der Waals surface area contributed by atoms with E-state index in [1.807, 2.05) is 61.5 Å². The molecule has 2 aromatic carbocycles. The van der Waals surface area contributed by atoms with Gasteiger partial charge in [-0.2, -0.15) is 0 Å². The van der Waals surface area contributed by atoms with E-state index in [0.29, 0.717) is 18.2 Å². The number of ether oxygens (including phenoxy) is 1. The molecule has 132 valence electrons. The molecule has 0 aliphatic carbocycles. The lowest BCUT2D eigenvalue weighted by molar-refractivity contribution is -0.116. The number of amides is 1. The summed E-state index contributed by atoms with van der Waals surface area (Å²) in [6.07, 6.45) is 0.236. The van der Waals surface area contributed by atoms with Crippen molar-refractivity contribution in [3.05, 3.63) is 72.3 Å². The molecule has 2 N–H and O–H groups in total. The molecule has 0 fully saturated rings. The number of hydrogen-bond donors (Lipinski definition) is 2. The summed E-state index contributed by atoms with van der Waals surface area (Å²) in [4.78, 5) is 11.9. The van der Waals surface area contributed by atoms with E-state index in [-0.39, 0.29) is 12.3 Å². The van der Waals surface area contributed by atoms with Gasteiger partial charge in [-0.1, -0.05) is 36.4 Å². The van der Waals surface area contributed by atoms with Crippen LogP contribution in [0.1, 0.15) is 12.0 Å². The fourth-order valence-electron chi connectivity index (χ4n) is 2.30. The van der Waals surface area contributed by atoms with E-state index in [1.54, 1.807) is 12.1 Å². The second kappa shape index (κ2) is 8.62. The van der Waals surface area contributed by atoms with E-state index in [4.69, 9.17) is 4.74 Å². The molecule has 0 aliphatic heterocycles. The van der Waals surface area contributed by atoms with Crippen LogP contribution in [-0.4, -0.2) is 22.7 Å². The first-order chi connectivity index (χ1) is 12.7. The summed E-state index contributed by atoms with van der Waals surface area (Å²) >= 11 is 0. The van der Waals surface area contributed by atoms with Gasteiger partial charge in [0.1, 0.15) is 5.75 Å². The summed E-state index contributed by atoms with van der Waals surface area (Å²) in [7, 11) is 0. The zero-order chi connectivity index (χ0) is 18.2. The van der Waals surface area contributed by atoms with Crippen LogP contribution in [0.25, 0.3) is 0 Å². The highest BCUT2D eigenvalue weighted by Gasteiger charge is 2.05. The summed E-state index contributed by atoms with van der Waals surface area (Å²) in [6, 6.07) is 20.8. The smallest absolute Gasteiger partial charge is 0.229 e. The van der Waals surface area contributed by atoms with Gasteiger partial charge in [-0.25, -0.2) is 0 Å². The Kier molecular flexibility index (Phi) is 5.77. The molecule has 1 heterocycles. The Hall–Kier alpha value is -3.41. The summed E-state index contributed by atoms with van der Waals surface area (Å²) in [5.41, 5.74) is 2.08. The van der Waals surface area contributed by atoms with Crippen LogP contribution in [0.5, 0.6) is 5.75 Å². The molecule has 0 radical (unpaired) electrons. The molecule has 26 heavy (non-hydrogen) atoms. The number of hydrogen-bond acceptors (Lipinski definition) is 5. The fraction of sp³-hybridized carbons (Fsp3) is 0.150.